The molecule has 0 unspecified atom stereocenters. The first-order valence-electron chi connectivity index (χ1n) is 9.81. The molecule has 0 aliphatic carbocycles. The van der Waals surface area contributed by atoms with Crippen molar-refractivity contribution in [2.75, 3.05) is 11.0 Å². The number of benzene rings is 4. The van der Waals surface area contributed by atoms with E-state index in [1.54, 1.807) is 36.4 Å². The second-order valence-corrected chi connectivity index (χ2v) is 6.78. The summed E-state index contributed by atoms with van der Waals surface area (Å²) >= 11 is 0. The lowest BCUT2D eigenvalue weighted by Gasteiger charge is -2.11. The minimum absolute atomic E-state index is 0.463. The first-order chi connectivity index (χ1) is 15.8. The molecule has 0 aliphatic heterocycles. The minimum atomic E-state index is 0.463. The Morgan fingerprint density at radius 1 is 0.500 bits per heavy atom. The van der Waals surface area contributed by atoms with Crippen LogP contribution in [0.15, 0.2) is 97.1 Å². The van der Waals surface area contributed by atoms with Gasteiger partial charge in [-0.2, -0.15) is 10.5 Å². The van der Waals surface area contributed by atoms with Crippen molar-refractivity contribution in [1.82, 2.24) is 0 Å². The summed E-state index contributed by atoms with van der Waals surface area (Å²) in [6.07, 6.45) is 0. The Hall–Kier alpha value is -4.94. The van der Waals surface area contributed by atoms with Crippen LogP contribution >= 0.6 is 0 Å². The van der Waals surface area contributed by atoms with E-state index in [9.17, 15) is 0 Å². The van der Waals surface area contributed by atoms with Crippen molar-refractivity contribution in [3.63, 3.8) is 0 Å². The van der Waals surface area contributed by atoms with Crippen molar-refractivity contribution in [3.8, 4) is 34.8 Å². The van der Waals surface area contributed by atoms with Gasteiger partial charge in [-0.1, -0.05) is 48.5 Å². The van der Waals surface area contributed by atoms with Crippen molar-refractivity contribution >= 4 is 11.4 Å². The Balaban J connectivity index is 1.37. The molecule has 6 heteroatoms. The summed E-state index contributed by atoms with van der Waals surface area (Å²) < 4.78 is 0. The fourth-order valence-electron chi connectivity index (χ4n) is 2.99. The average Bonchev–Trinajstić information content (AvgIpc) is 2.87. The Morgan fingerprint density at radius 3 is 1.25 bits per heavy atom. The lowest BCUT2D eigenvalue weighted by atomic mass is 10.1. The first-order valence-corrected chi connectivity index (χ1v) is 9.81. The number of nitrogens with zero attached hydrogens (tertiary/aromatic N) is 2. The average molecular weight is 418 g/mol. The van der Waals surface area contributed by atoms with Crippen LogP contribution in [0.3, 0.4) is 0 Å². The maximum absolute atomic E-state index is 9.13. The van der Waals surface area contributed by atoms with Gasteiger partial charge in [0.2, 0.25) is 0 Å². The summed E-state index contributed by atoms with van der Waals surface area (Å²) in [7, 11) is 0. The van der Waals surface area contributed by atoms with E-state index >= 15 is 0 Å². The van der Waals surface area contributed by atoms with Crippen molar-refractivity contribution < 1.29 is 9.68 Å². The number of para-hydroxylation sites is 2. The molecule has 4 aromatic rings. The lowest BCUT2D eigenvalue weighted by Crippen LogP contribution is -2.05. The maximum Gasteiger partial charge on any atom is 0.172 e. The highest BCUT2D eigenvalue weighted by atomic mass is 16.6. The third-order valence-electron chi connectivity index (χ3n) is 4.68. The highest BCUT2D eigenvalue weighted by Crippen LogP contribution is 2.25. The van der Waals surface area contributed by atoms with E-state index in [0.29, 0.717) is 22.6 Å². The molecule has 32 heavy (non-hydrogen) atoms. The monoisotopic (exact) mass is 418 g/mol. The minimum Gasteiger partial charge on any atom is -0.381 e. The second-order valence-electron chi connectivity index (χ2n) is 6.78. The zero-order chi connectivity index (χ0) is 22.2. The molecule has 154 valence electrons. The van der Waals surface area contributed by atoms with Gasteiger partial charge in [0.25, 0.3) is 0 Å². The standard InChI is InChI=1S/C26H18N4O2/c27-17-21-5-1-3-7-25(21)31-29-23-13-9-19(10-14-23)20-11-15-24(16-12-20)30-32-26-8-4-2-6-22(26)18-28/h1-16,29-30H. The number of rotatable bonds is 7. The molecule has 0 spiro atoms. The van der Waals surface area contributed by atoms with Gasteiger partial charge in [0.05, 0.1) is 22.5 Å². The van der Waals surface area contributed by atoms with E-state index < -0.39 is 0 Å². The Bertz CT molecular complexity index is 1180. The normalized spacial score (nSPS) is 9.81. The molecular formula is C26H18N4O2. The van der Waals surface area contributed by atoms with E-state index in [2.05, 4.69) is 23.1 Å². The van der Waals surface area contributed by atoms with Gasteiger partial charge in [0.15, 0.2) is 11.5 Å². The van der Waals surface area contributed by atoms with Gasteiger partial charge in [-0.05, 0) is 59.7 Å². The van der Waals surface area contributed by atoms with Gasteiger partial charge in [-0.25, -0.2) is 11.0 Å². The largest absolute Gasteiger partial charge is 0.381 e. The predicted octanol–water partition coefficient (Wildman–Crippen LogP) is 5.91. The predicted molar refractivity (Wildman–Crippen MR) is 123 cm³/mol. The Morgan fingerprint density at radius 2 is 0.875 bits per heavy atom. The van der Waals surface area contributed by atoms with Gasteiger partial charge in [-0.15, -0.1) is 0 Å². The molecule has 4 aromatic carbocycles. The summed E-state index contributed by atoms with van der Waals surface area (Å²) in [6.45, 7) is 0. The number of nitriles is 2. The summed E-state index contributed by atoms with van der Waals surface area (Å²) in [5.41, 5.74) is 10.3. The molecule has 0 atom stereocenters. The van der Waals surface area contributed by atoms with Crippen LogP contribution in [-0.4, -0.2) is 0 Å². The summed E-state index contributed by atoms with van der Waals surface area (Å²) in [4.78, 5) is 11.1. The molecule has 0 amide bonds. The molecule has 0 aliphatic rings. The maximum atomic E-state index is 9.13. The molecule has 0 aromatic heterocycles. The van der Waals surface area contributed by atoms with E-state index in [1.807, 2.05) is 60.7 Å². The molecule has 0 radical (unpaired) electrons. The van der Waals surface area contributed by atoms with Crippen LogP contribution in [0.25, 0.3) is 11.1 Å². The van der Waals surface area contributed by atoms with Crippen LogP contribution in [0.1, 0.15) is 11.1 Å². The molecular weight excluding hydrogens is 400 g/mol. The Kier molecular flexibility index (Phi) is 6.17. The fourth-order valence-corrected chi connectivity index (χ4v) is 2.99. The van der Waals surface area contributed by atoms with Crippen LogP contribution in [-0.2, 0) is 0 Å². The van der Waals surface area contributed by atoms with Crippen LogP contribution in [0.4, 0.5) is 11.4 Å². The van der Waals surface area contributed by atoms with Crippen LogP contribution < -0.4 is 20.6 Å². The van der Waals surface area contributed by atoms with E-state index in [4.69, 9.17) is 20.2 Å². The molecule has 0 saturated heterocycles. The van der Waals surface area contributed by atoms with Crippen LogP contribution in [0.5, 0.6) is 11.5 Å². The topological polar surface area (TPSA) is 90.1 Å². The molecule has 2 N–H and O–H groups in total. The summed E-state index contributed by atoms with van der Waals surface area (Å²) in [5, 5.41) is 18.3. The third-order valence-corrected chi connectivity index (χ3v) is 4.68. The van der Waals surface area contributed by atoms with Crippen LogP contribution in [0, 0.1) is 22.7 Å². The van der Waals surface area contributed by atoms with E-state index in [1.165, 1.54) is 0 Å². The van der Waals surface area contributed by atoms with Gasteiger partial charge >= 0.3 is 0 Å². The highest BCUT2D eigenvalue weighted by Gasteiger charge is 2.05. The molecule has 0 heterocycles. The van der Waals surface area contributed by atoms with Crippen molar-refractivity contribution in [3.05, 3.63) is 108 Å². The first kappa shape index (κ1) is 20.3. The summed E-state index contributed by atoms with van der Waals surface area (Å²) in [5.74, 6) is 0.948. The zero-order valence-electron chi connectivity index (χ0n) is 16.9. The third kappa shape index (κ3) is 4.79. The SMILES string of the molecule is N#Cc1ccccc1ONc1ccc(-c2ccc(NOc3ccccc3C#N)cc2)cc1. The van der Waals surface area contributed by atoms with Gasteiger partial charge in [0, 0.05) is 0 Å². The van der Waals surface area contributed by atoms with Crippen molar-refractivity contribution in [2.45, 2.75) is 0 Å². The zero-order valence-corrected chi connectivity index (χ0v) is 16.9. The molecule has 4 rings (SSSR count). The number of nitrogens with one attached hydrogen (secondary N) is 2. The number of hydrogen-bond acceptors (Lipinski definition) is 6. The fraction of sp³-hybridized carbons (Fsp3) is 0. The molecule has 0 fully saturated rings. The van der Waals surface area contributed by atoms with Crippen LogP contribution in [0.2, 0.25) is 0 Å². The van der Waals surface area contributed by atoms with Gasteiger partial charge in [-0.3, -0.25) is 0 Å². The van der Waals surface area contributed by atoms with Crippen molar-refractivity contribution in [2.24, 2.45) is 0 Å². The molecule has 6 nitrogen and oxygen atoms in total. The second kappa shape index (κ2) is 9.71. The lowest BCUT2D eigenvalue weighted by molar-refractivity contribution is 0.404. The van der Waals surface area contributed by atoms with Gasteiger partial charge in [0.1, 0.15) is 12.1 Å². The van der Waals surface area contributed by atoms with E-state index in [-0.39, 0.29) is 0 Å². The quantitative estimate of drug-likeness (QED) is 0.363. The number of anilines is 2. The smallest absolute Gasteiger partial charge is 0.172 e. The highest BCUT2D eigenvalue weighted by molar-refractivity contribution is 5.68. The van der Waals surface area contributed by atoms with Crippen molar-refractivity contribution in [1.29, 1.82) is 10.5 Å². The van der Waals surface area contributed by atoms with Gasteiger partial charge < -0.3 is 9.68 Å². The summed E-state index contributed by atoms with van der Waals surface area (Å²) in [6, 6.07) is 33.8. The molecule has 0 saturated carbocycles. The number of hydrogen-bond donors (Lipinski definition) is 2. The molecule has 0 bridgehead atoms. The Labute approximate surface area is 185 Å². The van der Waals surface area contributed by atoms with E-state index in [0.717, 1.165) is 22.5 Å².